The molecule has 0 fully saturated rings. The standard InChI is InChI=1S/C17H22N2O/c1-4-20-16-10-6-8-14(12-16)17(18)13-7-5-9-15(11-13)19(2)3/h5-12,17H,4,18H2,1-3H3. The van der Waals surface area contributed by atoms with E-state index in [1.807, 2.05) is 51.4 Å². The molecule has 0 aliphatic carbocycles. The minimum absolute atomic E-state index is 0.143. The van der Waals surface area contributed by atoms with Gasteiger partial charge in [0, 0.05) is 19.8 Å². The van der Waals surface area contributed by atoms with Gasteiger partial charge in [-0.25, -0.2) is 0 Å². The summed E-state index contributed by atoms with van der Waals surface area (Å²) in [4.78, 5) is 2.08. The van der Waals surface area contributed by atoms with Gasteiger partial charge in [-0.15, -0.1) is 0 Å². The Bertz CT molecular complexity index is 566. The van der Waals surface area contributed by atoms with Gasteiger partial charge in [0.25, 0.3) is 0 Å². The zero-order chi connectivity index (χ0) is 14.5. The molecule has 1 unspecified atom stereocenters. The molecule has 20 heavy (non-hydrogen) atoms. The summed E-state index contributed by atoms with van der Waals surface area (Å²) >= 11 is 0. The second-order valence-corrected chi connectivity index (χ2v) is 4.97. The zero-order valence-corrected chi connectivity index (χ0v) is 12.3. The number of nitrogens with two attached hydrogens (primary N) is 1. The molecule has 0 amide bonds. The van der Waals surface area contributed by atoms with Crippen LogP contribution in [0, 0.1) is 0 Å². The van der Waals surface area contributed by atoms with Crippen molar-refractivity contribution in [1.82, 2.24) is 0 Å². The Morgan fingerprint density at radius 3 is 2.35 bits per heavy atom. The van der Waals surface area contributed by atoms with Gasteiger partial charge < -0.3 is 15.4 Å². The van der Waals surface area contributed by atoms with Crippen LogP contribution in [-0.2, 0) is 0 Å². The van der Waals surface area contributed by atoms with E-state index in [9.17, 15) is 0 Å². The lowest BCUT2D eigenvalue weighted by Gasteiger charge is -2.18. The fourth-order valence-corrected chi connectivity index (χ4v) is 2.15. The van der Waals surface area contributed by atoms with E-state index in [1.54, 1.807) is 0 Å². The topological polar surface area (TPSA) is 38.5 Å². The van der Waals surface area contributed by atoms with Crippen LogP contribution in [0.1, 0.15) is 24.1 Å². The van der Waals surface area contributed by atoms with Gasteiger partial charge >= 0.3 is 0 Å². The number of nitrogens with zero attached hydrogens (tertiary/aromatic N) is 1. The van der Waals surface area contributed by atoms with Crippen molar-refractivity contribution in [2.75, 3.05) is 25.6 Å². The van der Waals surface area contributed by atoms with Crippen LogP contribution in [0.4, 0.5) is 5.69 Å². The van der Waals surface area contributed by atoms with Crippen LogP contribution in [0.15, 0.2) is 48.5 Å². The molecule has 0 aliphatic heterocycles. The molecule has 0 heterocycles. The minimum atomic E-state index is -0.143. The Labute approximate surface area is 121 Å². The number of benzene rings is 2. The molecule has 2 aromatic rings. The number of ether oxygens (including phenoxy) is 1. The number of hydrogen-bond acceptors (Lipinski definition) is 3. The highest BCUT2D eigenvalue weighted by Gasteiger charge is 2.10. The first-order chi connectivity index (χ1) is 9.61. The maximum absolute atomic E-state index is 6.38. The van der Waals surface area contributed by atoms with Crippen molar-refractivity contribution in [3.63, 3.8) is 0 Å². The third-order valence-electron chi connectivity index (χ3n) is 3.27. The summed E-state index contributed by atoms with van der Waals surface area (Å²) in [5, 5.41) is 0. The number of hydrogen-bond donors (Lipinski definition) is 1. The van der Waals surface area contributed by atoms with Crippen molar-refractivity contribution < 1.29 is 4.74 Å². The van der Waals surface area contributed by atoms with Crippen LogP contribution in [-0.4, -0.2) is 20.7 Å². The first-order valence-corrected chi connectivity index (χ1v) is 6.87. The molecular weight excluding hydrogens is 248 g/mol. The molecule has 3 heteroatoms. The summed E-state index contributed by atoms with van der Waals surface area (Å²) in [5.41, 5.74) is 9.69. The predicted octanol–water partition coefficient (Wildman–Crippen LogP) is 3.20. The van der Waals surface area contributed by atoms with E-state index in [1.165, 1.54) is 0 Å². The van der Waals surface area contributed by atoms with E-state index in [0.29, 0.717) is 6.61 Å². The van der Waals surface area contributed by atoms with Crippen LogP contribution in [0.3, 0.4) is 0 Å². The van der Waals surface area contributed by atoms with Crippen LogP contribution < -0.4 is 15.4 Å². The molecule has 2 rings (SSSR count). The molecule has 0 aliphatic rings. The molecule has 0 saturated carbocycles. The van der Waals surface area contributed by atoms with E-state index in [2.05, 4.69) is 23.1 Å². The van der Waals surface area contributed by atoms with Gasteiger partial charge in [-0.1, -0.05) is 24.3 Å². The van der Waals surface area contributed by atoms with Crippen molar-refractivity contribution in [3.05, 3.63) is 59.7 Å². The maximum atomic E-state index is 6.38. The second-order valence-electron chi connectivity index (χ2n) is 4.97. The van der Waals surface area contributed by atoms with E-state index in [-0.39, 0.29) is 6.04 Å². The lowest BCUT2D eigenvalue weighted by Crippen LogP contribution is -2.14. The van der Waals surface area contributed by atoms with Gasteiger partial charge in [0.2, 0.25) is 0 Å². The van der Waals surface area contributed by atoms with E-state index in [0.717, 1.165) is 22.6 Å². The summed E-state index contributed by atoms with van der Waals surface area (Å²) in [7, 11) is 4.06. The van der Waals surface area contributed by atoms with E-state index < -0.39 is 0 Å². The summed E-state index contributed by atoms with van der Waals surface area (Å²) in [5.74, 6) is 0.865. The third-order valence-corrected chi connectivity index (χ3v) is 3.27. The Morgan fingerprint density at radius 2 is 1.70 bits per heavy atom. The SMILES string of the molecule is CCOc1cccc(C(N)c2cccc(N(C)C)c2)c1. The fourth-order valence-electron chi connectivity index (χ4n) is 2.15. The highest BCUT2D eigenvalue weighted by molar-refractivity contribution is 5.49. The largest absolute Gasteiger partial charge is 0.494 e. The molecule has 0 saturated heterocycles. The van der Waals surface area contributed by atoms with Gasteiger partial charge in [0.05, 0.1) is 12.6 Å². The molecule has 0 radical (unpaired) electrons. The Kier molecular flexibility index (Phi) is 4.64. The first-order valence-electron chi connectivity index (χ1n) is 6.87. The zero-order valence-electron chi connectivity index (χ0n) is 12.3. The average molecular weight is 270 g/mol. The summed E-state index contributed by atoms with van der Waals surface area (Å²) in [6.45, 7) is 2.64. The summed E-state index contributed by atoms with van der Waals surface area (Å²) in [6, 6.07) is 16.1. The maximum Gasteiger partial charge on any atom is 0.119 e. The summed E-state index contributed by atoms with van der Waals surface area (Å²) < 4.78 is 5.53. The number of anilines is 1. The quantitative estimate of drug-likeness (QED) is 0.906. The Morgan fingerprint density at radius 1 is 1.05 bits per heavy atom. The molecule has 3 nitrogen and oxygen atoms in total. The van der Waals surface area contributed by atoms with Gasteiger partial charge in [-0.05, 0) is 42.3 Å². The molecule has 0 aromatic heterocycles. The van der Waals surface area contributed by atoms with Gasteiger partial charge in [-0.3, -0.25) is 0 Å². The normalized spacial score (nSPS) is 12.0. The molecule has 2 aromatic carbocycles. The van der Waals surface area contributed by atoms with Gasteiger partial charge in [0.1, 0.15) is 5.75 Å². The average Bonchev–Trinajstić information content (AvgIpc) is 2.47. The van der Waals surface area contributed by atoms with Crippen molar-refractivity contribution >= 4 is 5.69 Å². The molecular formula is C17H22N2O. The van der Waals surface area contributed by atoms with Crippen LogP contribution in [0.25, 0.3) is 0 Å². The predicted molar refractivity (Wildman–Crippen MR) is 84.4 cm³/mol. The summed E-state index contributed by atoms with van der Waals surface area (Å²) in [6.07, 6.45) is 0. The van der Waals surface area contributed by atoms with Crippen LogP contribution >= 0.6 is 0 Å². The molecule has 0 spiro atoms. The Balaban J connectivity index is 2.28. The van der Waals surface area contributed by atoms with E-state index >= 15 is 0 Å². The Hall–Kier alpha value is -2.00. The molecule has 106 valence electrons. The van der Waals surface area contributed by atoms with Crippen LogP contribution in [0.5, 0.6) is 5.75 Å². The van der Waals surface area contributed by atoms with Crippen LogP contribution in [0.2, 0.25) is 0 Å². The minimum Gasteiger partial charge on any atom is -0.494 e. The molecule has 1 atom stereocenters. The monoisotopic (exact) mass is 270 g/mol. The molecule has 0 bridgehead atoms. The third kappa shape index (κ3) is 3.31. The highest BCUT2D eigenvalue weighted by Crippen LogP contribution is 2.25. The number of rotatable bonds is 5. The first kappa shape index (κ1) is 14.4. The highest BCUT2D eigenvalue weighted by atomic mass is 16.5. The lowest BCUT2D eigenvalue weighted by molar-refractivity contribution is 0.340. The smallest absolute Gasteiger partial charge is 0.119 e. The van der Waals surface area contributed by atoms with Crippen molar-refractivity contribution in [2.45, 2.75) is 13.0 Å². The van der Waals surface area contributed by atoms with Crippen molar-refractivity contribution in [3.8, 4) is 5.75 Å². The van der Waals surface area contributed by atoms with Gasteiger partial charge in [0.15, 0.2) is 0 Å². The van der Waals surface area contributed by atoms with E-state index in [4.69, 9.17) is 10.5 Å². The molecule has 2 N–H and O–H groups in total. The van der Waals surface area contributed by atoms with Gasteiger partial charge in [-0.2, -0.15) is 0 Å². The van der Waals surface area contributed by atoms with Crippen molar-refractivity contribution in [2.24, 2.45) is 5.73 Å². The lowest BCUT2D eigenvalue weighted by atomic mass is 9.99. The van der Waals surface area contributed by atoms with Crippen molar-refractivity contribution in [1.29, 1.82) is 0 Å². The fraction of sp³-hybridized carbons (Fsp3) is 0.294. The second kappa shape index (κ2) is 6.44.